The second-order valence-corrected chi connectivity index (χ2v) is 4.57. The van der Waals surface area contributed by atoms with E-state index in [1.807, 2.05) is 20.8 Å². The van der Waals surface area contributed by atoms with E-state index >= 15 is 0 Å². The zero-order valence-corrected chi connectivity index (χ0v) is 14.1. The average molecular weight is 324 g/mol. The van der Waals surface area contributed by atoms with Crippen molar-refractivity contribution in [1.29, 1.82) is 0 Å². The summed E-state index contributed by atoms with van der Waals surface area (Å²) in [5, 5.41) is 0. The lowest BCUT2D eigenvalue weighted by molar-refractivity contribution is -0.140. The van der Waals surface area contributed by atoms with Crippen LogP contribution in [0.3, 0.4) is 0 Å². The van der Waals surface area contributed by atoms with E-state index < -0.39 is 5.97 Å². The molecule has 0 fully saturated rings. The van der Waals surface area contributed by atoms with E-state index in [0.717, 1.165) is 0 Å². The van der Waals surface area contributed by atoms with Gasteiger partial charge in [-0.1, -0.05) is 0 Å². The molecule has 0 aliphatic carbocycles. The number of carbonyl (C=O) groups excluding carboxylic acids is 2. The van der Waals surface area contributed by atoms with Gasteiger partial charge in [-0.15, -0.1) is 0 Å². The molecule has 128 valence electrons. The molecule has 0 aromatic heterocycles. The van der Waals surface area contributed by atoms with Gasteiger partial charge in [0.15, 0.2) is 17.3 Å². The zero-order chi connectivity index (χ0) is 17.2. The Morgan fingerprint density at radius 3 is 2.04 bits per heavy atom. The van der Waals surface area contributed by atoms with Crippen LogP contribution >= 0.6 is 0 Å². The highest BCUT2D eigenvalue weighted by Gasteiger charge is 2.22. The third-order valence-electron chi connectivity index (χ3n) is 3.04. The first-order valence-electron chi connectivity index (χ1n) is 7.74. The van der Waals surface area contributed by atoms with Crippen molar-refractivity contribution in [1.82, 2.24) is 0 Å². The fourth-order valence-corrected chi connectivity index (χ4v) is 2.05. The molecular formula is C17H24O6. The van der Waals surface area contributed by atoms with E-state index in [2.05, 4.69) is 4.74 Å². The maximum atomic E-state index is 12.4. The van der Waals surface area contributed by atoms with Crippen molar-refractivity contribution in [2.24, 2.45) is 0 Å². The Morgan fingerprint density at radius 1 is 0.870 bits per heavy atom. The summed E-state index contributed by atoms with van der Waals surface area (Å²) in [6, 6.07) is 3.32. The number of carbonyl (C=O) groups is 2. The highest BCUT2D eigenvalue weighted by Crippen LogP contribution is 2.41. The molecule has 1 rings (SSSR count). The Kier molecular flexibility index (Phi) is 7.94. The molecule has 1 aromatic rings. The summed E-state index contributed by atoms with van der Waals surface area (Å²) in [5.41, 5.74) is 0.377. The number of ether oxygens (including phenoxy) is 4. The fourth-order valence-electron chi connectivity index (χ4n) is 2.05. The van der Waals surface area contributed by atoms with Crippen molar-refractivity contribution in [2.45, 2.75) is 33.6 Å². The maximum absolute atomic E-state index is 12.4. The fraction of sp³-hybridized carbons (Fsp3) is 0.529. The summed E-state index contributed by atoms with van der Waals surface area (Å²) in [4.78, 5) is 23.6. The lowest BCUT2D eigenvalue weighted by Gasteiger charge is -2.18. The highest BCUT2D eigenvalue weighted by atomic mass is 16.5. The largest absolute Gasteiger partial charge is 0.490 e. The first-order valence-corrected chi connectivity index (χ1v) is 7.74. The van der Waals surface area contributed by atoms with Gasteiger partial charge >= 0.3 is 5.97 Å². The normalized spacial score (nSPS) is 10.1. The Balaban J connectivity index is 3.16. The zero-order valence-electron chi connectivity index (χ0n) is 14.1. The van der Waals surface area contributed by atoms with Gasteiger partial charge in [-0.2, -0.15) is 0 Å². The molecule has 0 saturated carbocycles. The lowest BCUT2D eigenvalue weighted by Crippen LogP contribution is -2.10. The topological polar surface area (TPSA) is 71.1 Å². The molecule has 6 nitrogen and oxygen atoms in total. The number of hydrogen-bond acceptors (Lipinski definition) is 6. The summed E-state index contributed by atoms with van der Waals surface area (Å²) in [6.45, 7) is 6.81. The molecule has 6 heteroatoms. The number of methoxy groups -OCH3 is 1. The third kappa shape index (κ3) is 5.16. The number of esters is 1. The van der Waals surface area contributed by atoms with Crippen molar-refractivity contribution in [3.05, 3.63) is 17.7 Å². The third-order valence-corrected chi connectivity index (χ3v) is 3.04. The van der Waals surface area contributed by atoms with E-state index in [0.29, 0.717) is 42.6 Å². The van der Waals surface area contributed by atoms with Crippen LogP contribution in [0, 0.1) is 0 Å². The van der Waals surface area contributed by atoms with Crippen LogP contribution in [-0.4, -0.2) is 38.7 Å². The van der Waals surface area contributed by atoms with Crippen LogP contribution in [0.15, 0.2) is 12.1 Å². The molecule has 1 aromatic carbocycles. The Labute approximate surface area is 136 Å². The molecule has 0 bridgehead atoms. The molecule has 23 heavy (non-hydrogen) atoms. The van der Waals surface area contributed by atoms with Gasteiger partial charge in [-0.3, -0.25) is 9.59 Å². The maximum Gasteiger partial charge on any atom is 0.305 e. The van der Waals surface area contributed by atoms with Gasteiger partial charge in [-0.25, -0.2) is 0 Å². The quantitative estimate of drug-likeness (QED) is 0.487. The lowest BCUT2D eigenvalue weighted by atomic mass is 10.0. The highest BCUT2D eigenvalue weighted by molar-refractivity contribution is 6.01. The summed E-state index contributed by atoms with van der Waals surface area (Å²) >= 11 is 0. The second-order valence-electron chi connectivity index (χ2n) is 4.57. The Hall–Kier alpha value is -2.24. The molecule has 0 unspecified atom stereocenters. The van der Waals surface area contributed by atoms with Crippen LogP contribution in [0.25, 0.3) is 0 Å². The smallest absolute Gasteiger partial charge is 0.305 e. The summed E-state index contributed by atoms with van der Waals surface area (Å²) < 4.78 is 21.3. The van der Waals surface area contributed by atoms with Gasteiger partial charge in [0, 0.05) is 6.42 Å². The predicted molar refractivity (Wildman–Crippen MR) is 85.5 cm³/mol. The van der Waals surface area contributed by atoms with Crippen LogP contribution in [-0.2, 0) is 9.53 Å². The molecular weight excluding hydrogens is 300 g/mol. The number of rotatable bonds is 10. The number of benzene rings is 1. The van der Waals surface area contributed by atoms with Gasteiger partial charge in [0.2, 0.25) is 5.75 Å². The first-order chi connectivity index (χ1) is 11.1. The van der Waals surface area contributed by atoms with E-state index in [9.17, 15) is 9.59 Å². The van der Waals surface area contributed by atoms with Crippen LogP contribution in [0.5, 0.6) is 17.2 Å². The van der Waals surface area contributed by atoms with Gasteiger partial charge in [0.1, 0.15) is 0 Å². The Bertz CT molecular complexity index is 538. The molecule has 0 atom stereocenters. The number of Topliss-reactive ketones (excluding diaryl/α,β-unsaturated/α-hetero) is 1. The second kappa shape index (κ2) is 9.71. The molecule has 0 saturated heterocycles. The SMILES string of the molecule is CCOc1ccc(C(=O)CCC(=O)OC)c(OCC)c1OCC. The summed E-state index contributed by atoms with van der Waals surface area (Å²) in [7, 11) is 1.29. The minimum absolute atomic E-state index is 0.0259. The minimum Gasteiger partial charge on any atom is -0.490 e. The minimum atomic E-state index is -0.424. The van der Waals surface area contributed by atoms with E-state index in [-0.39, 0.29) is 18.6 Å². The van der Waals surface area contributed by atoms with Gasteiger partial charge in [-0.05, 0) is 32.9 Å². The van der Waals surface area contributed by atoms with Gasteiger partial charge in [0.05, 0.1) is 38.9 Å². The summed E-state index contributed by atoms with van der Waals surface area (Å²) in [6.07, 6.45) is 0.0738. The monoisotopic (exact) mass is 324 g/mol. The van der Waals surface area contributed by atoms with Crippen molar-refractivity contribution in [3.8, 4) is 17.2 Å². The van der Waals surface area contributed by atoms with Crippen LogP contribution in [0.1, 0.15) is 44.0 Å². The van der Waals surface area contributed by atoms with Crippen LogP contribution in [0.4, 0.5) is 0 Å². The molecule has 0 radical (unpaired) electrons. The standard InChI is InChI=1S/C17H24O6/c1-5-21-14-10-8-12(13(18)9-11-15(19)20-4)16(22-6-2)17(14)23-7-3/h8,10H,5-7,9,11H2,1-4H3. The summed E-state index contributed by atoms with van der Waals surface area (Å²) in [5.74, 6) is 0.674. The van der Waals surface area contributed by atoms with Crippen molar-refractivity contribution in [3.63, 3.8) is 0 Å². The predicted octanol–water partition coefficient (Wildman–Crippen LogP) is 3.02. The average Bonchev–Trinajstić information content (AvgIpc) is 2.55. The van der Waals surface area contributed by atoms with E-state index in [1.165, 1.54) is 7.11 Å². The molecule has 0 N–H and O–H groups in total. The van der Waals surface area contributed by atoms with Crippen molar-refractivity contribution < 1.29 is 28.5 Å². The molecule has 0 aliphatic heterocycles. The van der Waals surface area contributed by atoms with Crippen molar-refractivity contribution >= 4 is 11.8 Å². The number of hydrogen-bond donors (Lipinski definition) is 0. The molecule has 0 aliphatic rings. The van der Waals surface area contributed by atoms with E-state index in [1.54, 1.807) is 12.1 Å². The van der Waals surface area contributed by atoms with Gasteiger partial charge in [0.25, 0.3) is 0 Å². The van der Waals surface area contributed by atoms with Gasteiger partial charge < -0.3 is 18.9 Å². The number of ketones is 1. The Morgan fingerprint density at radius 2 is 1.48 bits per heavy atom. The molecule has 0 spiro atoms. The molecule has 0 amide bonds. The van der Waals surface area contributed by atoms with E-state index in [4.69, 9.17) is 14.2 Å². The van der Waals surface area contributed by atoms with Crippen molar-refractivity contribution in [2.75, 3.05) is 26.9 Å². The first kappa shape index (κ1) is 18.8. The van der Waals surface area contributed by atoms with Crippen LogP contribution in [0.2, 0.25) is 0 Å². The molecule has 0 heterocycles. The van der Waals surface area contributed by atoms with Crippen LogP contribution < -0.4 is 14.2 Å².